The zero-order valence-corrected chi connectivity index (χ0v) is 12.0. The summed E-state index contributed by atoms with van der Waals surface area (Å²) in [6.07, 6.45) is 0. The van der Waals surface area contributed by atoms with E-state index in [0.717, 1.165) is 24.2 Å². The summed E-state index contributed by atoms with van der Waals surface area (Å²) in [6, 6.07) is 8.39. The first kappa shape index (κ1) is 14.0. The highest BCUT2D eigenvalue weighted by atomic mass is 79.9. The molecule has 2 rings (SSSR count). The fourth-order valence-electron chi connectivity index (χ4n) is 2.04. The molecule has 1 unspecified atom stereocenters. The monoisotopic (exact) mass is 305 g/mol. The Morgan fingerprint density at radius 1 is 1.31 bits per heavy atom. The summed E-state index contributed by atoms with van der Waals surface area (Å²) in [4.78, 5) is 2.31. The lowest BCUT2D eigenvalue weighted by Crippen LogP contribution is -2.46. The molecule has 1 atom stereocenters. The molecule has 1 aromatic carbocycles. The van der Waals surface area contributed by atoms with Gasteiger partial charge in [-0.2, -0.15) is 0 Å². The van der Waals surface area contributed by atoms with Crippen molar-refractivity contribution in [3.05, 3.63) is 34.3 Å². The second-order valence-corrected chi connectivity index (χ2v) is 5.24. The van der Waals surface area contributed by atoms with Crippen LogP contribution in [0.5, 0.6) is 0 Å². The van der Waals surface area contributed by atoms with Crippen LogP contribution in [0.15, 0.2) is 28.7 Å². The quantitative estimate of drug-likeness (QED) is 0.791. The molecular formula is C12H17BrClNO. The molecule has 0 aliphatic carbocycles. The summed E-state index contributed by atoms with van der Waals surface area (Å²) < 4.78 is 7.01. The van der Waals surface area contributed by atoms with Crippen LogP contribution in [0.3, 0.4) is 0 Å². The number of benzene rings is 1. The third-order valence-corrected chi connectivity index (χ3v) is 3.45. The van der Waals surface area contributed by atoms with E-state index >= 15 is 0 Å². The maximum atomic E-state index is 5.90. The summed E-state index contributed by atoms with van der Waals surface area (Å²) >= 11 is 3.45. The standard InChI is InChI=1S/C12H16BrNO.ClH/c1-12(9-14(2)7-8-15-12)10-3-5-11(13)6-4-10;/h3-6H,7-9H2,1-2H3;1H. The molecule has 1 aromatic rings. The van der Waals surface area contributed by atoms with Gasteiger partial charge in [0.15, 0.2) is 0 Å². The van der Waals surface area contributed by atoms with Gasteiger partial charge in [-0.25, -0.2) is 0 Å². The second-order valence-electron chi connectivity index (χ2n) is 4.32. The number of nitrogens with zero attached hydrogens (tertiary/aromatic N) is 1. The van der Waals surface area contributed by atoms with Crippen molar-refractivity contribution in [1.29, 1.82) is 0 Å². The van der Waals surface area contributed by atoms with Gasteiger partial charge >= 0.3 is 0 Å². The molecule has 0 aromatic heterocycles. The number of hydrogen-bond donors (Lipinski definition) is 0. The van der Waals surface area contributed by atoms with Gasteiger partial charge < -0.3 is 9.64 Å². The van der Waals surface area contributed by atoms with E-state index in [1.165, 1.54) is 5.56 Å². The molecule has 1 heterocycles. The lowest BCUT2D eigenvalue weighted by Gasteiger charge is -2.39. The molecule has 90 valence electrons. The van der Waals surface area contributed by atoms with Crippen LogP contribution in [0.2, 0.25) is 0 Å². The third kappa shape index (κ3) is 2.98. The molecule has 0 radical (unpaired) electrons. The predicted molar refractivity (Wildman–Crippen MR) is 72.2 cm³/mol. The zero-order valence-electron chi connectivity index (χ0n) is 9.57. The Balaban J connectivity index is 0.00000128. The van der Waals surface area contributed by atoms with Crippen molar-refractivity contribution >= 4 is 28.3 Å². The van der Waals surface area contributed by atoms with E-state index in [1.54, 1.807) is 0 Å². The predicted octanol–water partition coefficient (Wildman–Crippen LogP) is 3.05. The van der Waals surface area contributed by atoms with Crippen molar-refractivity contribution in [3.8, 4) is 0 Å². The highest BCUT2D eigenvalue weighted by Crippen LogP contribution is 2.29. The maximum Gasteiger partial charge on any atom is 0.103 e. The summed E-state index contributed by atoms with van der Waals surface area (Å²) in [5.41, 5.74) is 1.09. The zero-order chi connectivity index (χ0) is 10.9. The molecule has 0 saturated carbocycles. The van der Waals surface area contributed by atoms with Crippen LogP contribution in [-0.4, -0.2) is 31.6 Å². The van der Waals surface area contributed by atoms with Gasteiger partial charge in [-0.05, 0) is 31.7 Å². The molecule has 4 heteroatoms. The van der Waals surface area contributed by atoms with E-state index in [0.29, 0.717) is 0 Å². The van der Waals surface area contributed by atoms with E-state index in [-0.39, 0.29) is 18.0 Å². The molecule has 16 heavy (non-hydrogen) atoms. The molecule has 0 N–H and O–H groups in total. The highest BCUT2D eigenvalue weighted by Gasteiger charge is 2.32. The fraction of sp³-hybridized carbons (Fsp3) is 0.500. The van der Waals surface area contributed by atoms with Crippen molar-refractivity contribution in [2.24, 2.45) is 0 Å². The first-order valence-corrected chi connectivity index (χ1v) is 5.98. The van der Waals surface area contributed by atoms with Crippen molar-refractivity contribution in [2.45, 2.75) is 12.5 Å². The van der Waals surface area contributed by atoms with Gasteiger partial charge in [0, 0.05) is 17.6 Å². The Morgan fingerprint density at radius 3 is 2.50 bits per heavy atom. The molecule has 0 amide bonds. The smallest absolute Gasteiger partial charge is 0.103 e. The number of likely N-dealkylation sites (N-methyl/N-ethyl adjacent to an activating group) is 1. The largest absolute Gasteiger partial charge is 0.368 e. The van der Waals surface area contributed by atoms with E-state index in [1.807, 2.05) is 0 Å². The average Bonchev–Trinajstić information content (AvgIpc) is 2.18. The van der Waals surface area contributed by atoms with E-state index in [2.05, 4.69) is 59.1 Å². The minimum absolute atomic E-state index is 0. The van der Waals surface area contributed by atoms with Crippen LogP contribution >= 0.6 is 28.3 Å². The van der Waals surface area contributed by atoms with Gasteiger partial charge in [0.25, 0.3) is 0 Å². The highest BCUT2D eigenvalue weighted by molar-refractivity contribution is 9.10. The maximum absolute atomic E-state index is 5.90. The molecule has 0 bridgehead atoms. The topological polar surface area (TPSA) is 12.5 Å². The lowest BCUT2D eigenvalue weighted by molar-refractivity contribution is -0.0963. The first-order valence-electron chi connectivity index (χ1n) is 5.19. The van der Waals surface area contributed by atoms with Gasteiger partial charge in [0.1, 0.15) is 5.60 Å². The van der Waals surface area contributed by atoms with E-state index in [4.69, 9.17) is 4.74 Å². The SMILES string of the molecule is CN1CCOC(C)(c2ccc(Br)cc2)C1.Cl. The van der Waals surface area contributed by atoms with E-state index in [9.17, 15) is 0 Å². The Labute approximate surface area is 112 Å². The van der Waals surface area contributed by atoms with Gasteiger partial charge in [0.05, 0.1) is 6.61 Å². The van der Waals surface area contributed by atoms with Gasteiger partial charge in [-0.15, -0.1) is 12.4 Å². The van der Waals surface area contributed by atoms with Crippen molar-refractivity contribution < 1.29 is 4.74 Å². The number of morpholine rings is 1. The Hall–Kier alpha value is -0.0900. The number of hydrogen-bond acceptors (Lipinski definition) is 2. The molecule has 2 nitrogen and oxygen atoms in total. The summed E-state index contributed by atoms with van der Waals surface area (Å²) in [5, 5.41) is 0. The Kier molecular flexibility index (Phi) is 4.80. The molecular weight excluding hydrogens is 289 g/mol. The Bertz CT molecular complexity index is 343. The normalized spacial score (nSPS) is 26.2. The lowest BCUT2D eigenvalue weighted by atomic mass is 9.94. The molecule has 1 aliphatic heterocycles. The van der Waals surface area contributed by atoms with Crippen LogP contribution in [-0.2, 0) is 10.3 Å². The van der Waals surface area contributed by atoms with Crippen molar-refractivity contribution in [1.82, 2.24) is 4.90 Å². The minimum Gasteiger partial charge on any atom is -0.368 e. The number of halogens is 2. The molecule has 1 fully saturated rings. The summed E-state index contributed by atoms with van der Waals surface area (Å²) in [7, 11) is 2.14. The number of rotatable bonds is 1. The summed E-state index contributed by atoms with van der Waals surface area (Å²) in [5.74, 6) is 0. The third-order valence-electron chi connectivity index (χ3n) is 2.92. The summed E-state index contributed by atoms with van der Waals surface area (Å²) in [6.45, 7) is 4.94. The fourth-order valence-corrected chi connectivity index (χ4v) is 2.31. The molecule has 0 spiro atoms. The number of ether oxygens (including phenoxy) is 1. The first-order chi connectivity index (χ1) is 7.10. The van der Waals surface area contributed by atoms with Gasteiger partial charge in [-0.1, -0.05) is 28.1 Å². The van der Waals surface area contributed by atoms with Crippen LogP contribution < -0.4 is 0 Å². The van der Waals surface area contributed by atoms with Crippen LogP contribution in [0, 0.1) is 0 Å². The van der Waals surface area contributed by atoms with E-state index < -0.39 is 0 Å². The average molecular weight is 307 g/mol. The van der Waals surface area contributed by atoms with Crippen molar-refractivity contribution in [2.75, 3.05) is 26.7 Å². The minimum atomic E-state index is -0.159. The van der Waals surface area contributed by atoms with Crippen LogP contribution in [0.4, 0.5) is 0 Å². The molecule has 1 saturated heterocycles. The van der Waals surface area contributed by atoms with Crippen LogP contribution in [0.25, 0.3) is 0 Å². The Morgan fingerprint density at radius 2 is 1.94 bits per heavy atom. The van der Waals surface area contributed by atoms with Crippen LogP contribution in [0.1, 0.15) is 12.5 Å². The van der Waals surface area contributed by atoms with Gasteiger partial charge in [0.2, 0.25) is 0 Å². The van der Waals surface area contributed by atoms with Gasteiger partial charge in [-0.3, -0.25) is 0 Å². The van der Waals surface area contributed by atoms with Crippen molar-refractivity contribution in [3.63, 3.8) is 0 Å². The molecule has 1 aliphatic rings. The second kappa shape index (κ2) is 5.50.